The van der Waals surface area contributed by atoms with Crippen molar-refractivity contribution < 1.29 is 8.78 Å². The molecule has 4 aromatic rings. The van der Waals surface area contributed by atoms with Gasteiger partial charge in [0.05, 0.1) is 6.54 Å². The van der Waals surface area contributed by atoms with E-state index in [1.807, 2.05) is 31.0 Å². The normalized spacial score (nSPS) is 14.9. The van der Waals surface area contributed by atoms with Gasteiger partial charge in [0, 0.05) is 71.5 Å². The van der Waals surface area contributed by atoms with Gasteiger partial charge < -0.3 is 9.88 Å². The molecule has 34 heavy (non-hydrogen) atoms. The average Bonchev–Trinajstić information content (AvgIpc) is 3.14. The maximum absolute atomic E-state index is 12.6. The number of piperazine rings is 1. The maximum atomic E-state index is 12.6. The quantitative estimate of drug-likeness (QED) is 0.420. The molecule has 1 aliphatic rings. The van der Waals surface area contributed by atoms with Crippen LogP contribution in [-0.4, -0.2) is 59.0 Å². The van der Waals surface area contributed by atoms with Crippen LogP contribution in [0.3, 0.4) is 0 Å². The molecule has 5 rings (SSSR count). The Morgan fingerprint density at radius 2 is 1.59 bits per heavy atom. The topological polar surface area (TPSA) is 48.1 Å². The second-order valence-electron chi connectivity index (χ2n) is 9.11. The number of pyridine rings is 2. The molecule has 5 nitrogen and oxygen atoms in total. The first kappa shape index (κ1) is 22.5. The molecule has 7 heteroatoms. The molecule has 4 heterocycles. The second kappa shape index (κ2) is 9.14. The van der Waals surface area contributed by atoms with Gasteiger partial charge in [0.15, 0.2) is 0 Å². The Kier molecular flexibility index (Phi) is 6.04. The van der Waals surface area contributed by atoms with Gasteiger partial charge in [-0.1, -0.05) is 12.1 Å². The molecule has 0 unspecified atom stereocenters. The van der Waals surface area contributed by atoms with E-state index in [9.17, 15) is 8.78 Å². The van der Waals surface area contributed by atoms with Crippen LogP contribution in [0.25, 0.3) is 33.3 Å². The average molecular weight is 462 g/mol. The third-order valence-corrected chi connectivity index (χ3v) is 6.60. The molecule has 176 valence electrons. The summed E-state index contributed by atoms with van der Waals surface area (Å²) < 4.78 is 25.2. The van der Waals surface area contributed by atoms with Crippen molar-refractivity contribution >= 4 is 16.7 Å². The van der Waals surface area contributed by atoms with E-state index in [4.69, 9.17) is 0 Å². The number of alkyl halides is 2. The monoisotopic (exact) mass is 461 g/mol. The molecule has 1 fully saturated rings. The number of nitrogens with one attached hydrogen (secondary N) is 1. The van der Waals surface area contributed by atoms with Crippen LogP contribution in [0.15, 0.2) is 48.7 Å². The summed E-state index contributed by atoms with van der Waals surface area (Å²) in [6, 6.07) is 14.8. The summed E-state index contributed by atoms with van der Waals surface area (Å²) in [4.78, 5) is 16.8. The third-order valence-electron chi connectivity index (χ3n) is 6.60. The Bertz CT molecular complexity index is 1280. The fourth-order valence-electron chi connectivity index (χ4n) is 4.88. The summed E-state index contributed by atoms with van der Waals surface area (Å²) >= 11 is 0. The van der Waals surface area contributed by atoms with E-state index in [0.29, 0.717) is 26.2 Å². The summed E-state index contributed by atoms with van der Waals surface area (Å²) in [7, 11) is 0. The smallest absolute Gasteiger partial charge is 0.251 e. The molecular weight excluding hydrogens is 432 g/mol. The van der Waals surface area contributed by atoms with Crippen molar-refractivity contribution in [3.05, 3.63) is 65.6 Å². The van der Waals surface area contributed by atoms with E-state index in [1.165, 1.54) is 10.9 Å². The number of H-pyrrole nitrogens is 1. The van der Waals surface area contributed by atoms with E-state index in [1.54, 1.807) is 0 Å². The number of rotatable bonds is 5. The Morgan fingerprint density at radius 1 is 0.882 bits per heavy atom. The van der Waals surface area contributed by atoms with E-state index >= 15 is 0 Å². The zero-order valence-electron chi connectivity index (χ0n) is 19.8. The van der Waals surface area contributed by atoms with Gasteiger partial charge in [-0.25, -0.2) is 13.8 Å². The van der Waals surface area contributed by atoms with E-state index in [2.05, 4.69) is 63.2 Å². The number of aryl methyl sites for hydroxylation is 3. The highest BCUT2D eigenvalue weighted by atomic mass is 19.3. The van der Waals surface area contributed by atoms with Crippen molar-refractivity contribution in [1.82, 2.24) is 19.9 Å². The predicted octanol–water partition coefficient (Wildman–Crippen LogP) is 5.60. The minimum absolute atomic E-state index is 0.150. The lowest BCUT2D eigenvalue weighted by Crippen LogP contribution is -2.48. The lowest BCUT2D eigenvalue weighted by molar-refractivity contribution is 0.0854. The van der Waals surface area contributed by atoms with Crippen LogP contribution < -0.4 is 4.90 Å². The van der Waals surface area contributed by atoms with Gasteiger partial charge in [-0.05, 0) is 62.2 Å². The lowest BCUT2D eigenvalue weighted by Gasteiger charge is -2.35. The van der Waals surface area contributed by atoms with Crippen molar-refractivity contribution in [2.45, 2.75) is 27.2 Å². The largest absolute Gasteiger partial charge is 0.354 e. The standard InChI is InChI=1S/C27H29F2N5/c1-17-12-22(13-18(2)31-17)27-19(3)23-6-4-20(14-24(23)32-27)21-5-7-26(30-15-21)34-10-8-33(9-11-34)16-25(28)29/h4-7,12-15,25,32H,8-11,16H2,1-3H3. The van der Waals surface area contributed by atoms with E-state index in [-0.39, 0.29) is 6.54 Å². The minimum atomic E-state index is -2.28. The predicted molar refractivity (Wildman–Crippen MR) is 134 cm³/mol. The van der Waals surface area contributed by atoms with Gasteiger partial charge in [0.2, 0.25) is 0 Å². The van der Waals surface area contributed by atoms with Crippen LogP contribution >= 0.6 is 0 Å². The molecule has 0 bridgehead atoms. The summed E-state index contributed by atoms with van der Waals surface area (Å²) in [5.74, 6) is 0.892. The van der Waals surface area contributed by atoms with Crippen LogP contribution in [0.1, 0.15) is 17.0 Å². The van der Waals surface area contributed by atoms with Crippen molar-refractivity contribution in [3.8, 4) is 22.4 Å². The van der Waals surface area contributed by atoms with Gasteiger partial charge in [-0.15, -0.1) is 0 Å². The number of hydrogen-bond donors (Lipinski definition) is 1. The Morgan fingerprint density at radius 3 is 2.24 bits per heavy atom. The van der Waals surface area contributed by atoms with Crippen molar-refractivity contribution in [2.75, 3.05) is 37.6 Å². The number of hydrogen-bond acceptors (Lipinski definition) is 4. The number of aromatic nitrogens is 3. The summed E-state index contributed by atoms with van der Waals surface area (Å²) in [6.45, 7) is 8.73. The van der Waals surface area contributed by atoms with Gasteiger partial charge in [0.1, 0.15) is 5.82 Å². The van der Waals surface area contributed by atoms with Crippen LogP contribution in [0.5, 0.6) is 0 Å². The zero-order chi connectivity index (χ0) is 23.8. The number of fused-ring (bicyclic) bond motifs is 1. The molecule has 0 amide bonds. The zero-order valence-corrected chi connectivity index (χ0v) is 19.8. The van der Waals surface area contributed by atoms with Crippen molar-refractivity contribution in [1.29, 1.82) is 0 Å². The number of nitrogens with zero attached hydrogens (tertiary/aromatic N) is 4. The van der Waals surface area contributed by atoms with Crippen molar-refractivity contribution in [3.63, 3.8) is 0 Å². The molecule has 1 aromatic carbocycles. The Balaban J connectivity index is 1.36. The molecule has 1 saturated heterocycles. The van der Waals surface area contributed by atoms with Crippen LogP contribution in [0.2, 0.25) is 0 Å². The maximum Gasteiger partial charge on any atom is 0.251 e. The molecule has 1 N–H and O–H groups in total. The number of benzene rings is 1. The summed E-state index contributed by atoms with van der Waals surface area (Å²) in [5, 5.41) is 1.21. The molecule has 0 atom stereocenters. The first-order valence-corrected chi connectivity index (χ1v) is 11.7. The van der Waals surface area contributed by atoms with Gasteiger partial charge in [-0.2, -0.15) is 0 Å². The number of aromatic amines is 1. The van der Waals surface area contributed by atoms with Crippen molar-refractivity contribution in [2.24, 2.45) is 0 Å². The Hall–Kier alpha value is -3.32. The van der Waals surface area contributed by atoms with Gasteiger partial charge in [-0.3, -0.25) is 9.88 Å². The van der Waals surface area contributed by atoms with E-state index < -0.39 is 6.43 Å². The summed E-state index contributed by atoms with van der Waals surface area (Å²) in [5.41, 5.74) is 8.77. The molecule has 3 aromatic heterocycles. The van der Waals surface area contributed by atoms with E-state index in [0.717, 1.165) is 45.1 Å². The highest BCUT2D eigenvalue weighted by molar-refractivity contribution is 5.93. The van der Waals surface area contributed by atoms with Gasteiger partial charge >= 0.3 is 0 Å². The lowest BCUT2D eigenvalue weighted by atomic mass is 10.0. The van der Waals surface area contributed by atoms with Crippen LogP contribution in [0.4, 0.5) is 14.6 Å². The highest BCUT2D eigenvalue weighted by Gasteiger charge is 2.20. The molecule has 0 spiro atoms. The molecular formula is C27H29F2N5. The van der Waals surface area contributed by atoms with Crippen LogP contribution in [0, 0.1) is 20.8 Å². The van der Waals surface area contributed by atoms with Gasteiger partial charge in [0.25, 0.3) is 6.43 Å². The second-order valence-corrected chi connectivity index (χ2v) is 9.11. The Labute approximate surface area is 198 Å². The fraction of sp³-hybridized carbons (Fsp3) is 0.333. The fourth-order valence-corrected chi connectivity index (χ4v) is 4.88. The molecule has 0 radical (unpaired) electrons. The number of anilines is 1. The molecule has 0 aliphatic carbocycles. The molecule has 1 aliphatic heterocycles. The minimum Gasteiger partial charge on any atom is -0.354 e. The first-order chi connectivity index (χ1) is 16.4. The van der Waals surface area contributed by atoms with Crippen LogP contribution in [-0.2, 0) is 0 Å². The highest BCUT2D eigenvalue weighted by Crippen LogP contribution is 2.33. The number of halogens is 2. The molecule has 0 saturated carbocycles. The SMILES string of the molecule is Cc1cc(-c2[nH]c3cc(-c4ccc(N5CCN(CC(F)F)CC5)nc4)ccc3c2C)cc(C)n1. The summed E-state index contributed by atoms with van der Waals surface area (Å²) in [6.07, 6.45) is -0.382. The first-order valence-electron chi connectivity index (χ1n) is 11.7. The third kappa shape index (κ3) is 4.53.